The lowest BCUT2D eigenvalue weighted by atomic mass is 10.1. The summed E-state index contributed by atoms with van der Waals surface area (Å²) in [7, 11) is 0. The molecule has 23 heavy (non-hydrogen) atoms. The molecule has 124 valence electrons. The van der Waals surface area contributed by atoms with Crippen LogP contribution in [0, 0.1) is 0 Å². The van der Waals surface area contributed by atoms with Gasteiger partial charge in [-0.2, -0.15) is 0 Å². The minimum Gasteiger partial charge on any atom is -0.550 e. The molecule has 2 rings (SSSR count). The molecule has 0 aliphatic heterocycles. The lowest BCUT2D eigenvalue weighted by Crippen LogP contribution is -2.70. The minimum absolute atomic E-state index is 0.226. The first kappa shape index (κ1) is 18.9. The average molecular weight is 313 g/mol. The quantitative estimate of drug-likeness (QED) is 0.600. The van der Waals surface area contributed by atoms with Gasteiger partial charge in [0, 0.05) is 5.97 Å². The number of para-hydroxylation sites is 2. The van der Waals surface area contributed by atoms with Gasteiger partial charge in [0.1, 0.15) is 11.4 Å². The van der Waals surface area contributed by atoms with Gasteiger partial charge >= 0.3 is 0 Å². The standard InChI is InChI=1S/C12H11N.C8H16O2/c1-3-7-11(8-4-1)13-12-9-5-2-6-10-12;1-2-3-4-5-6-7-8(9)10/h1-10,13H;2-7H2,1H3,(H,9,10). The van der Waals surface area contributed by atoms with E-state index in [1.54, 1.807) is 0 Å². The zero-order chi connectivity index (χ0) is 16.8. The van der Waals surface area contributed by atoms with Crippen LogP contribution in [0.3, 0.4) is 0 Å². The van der Waals surface area contributed by atoms with Crippen molar-refractivity contribution in [1.29, 1.82) is 0 Å². The molecular weight excluding hydrogens is 286 g/mol. The maximum Gasteiger partial charge on any atom is 0.134 e. The van der Waals surface area contributed by atoms with Crippen molar-refractivity contribution >= 4 is 17.3 Å². The number of nitrogens with two attached hydrogens (primary N) is 1. The summed E-state index contributed by atoms with van der Waals surface area (Å²) in [6, 6.07) is 20.7. The molecule has 0 saturated heterocycles. The van der Waals surface area contributed by atoms with Crippen LogP contribution in [0.25, 0.3) is 0 Å². The number of hydrogen-bond acceptors (Lipinski definition) is 2. The summed E-state index contributed by atoms with van der Waals surface area (Å²) in [5.74, 6) is -0.920. The van der Waals surface area contributed by atoms with Crippen molar-refractivity contribution in [2.75, 3.05) is 0 Å². The van der Waals surface area contributed by atoms with Crippen LogP contribution in [0.2, 0.25) is 0 Å². The first-order chi connectivity index (χ1) is 11.2. The summed E-state index contributed by atoms with van der Waals surface area (Å²) < 4.78 is 0. The van der Waals surface area contributed by atoms with Crippen LogP contribution in [-0.2, 0) is 4.79 Å². The van der Waals surface area contributed by atoms with Gasteiger partial charge in [0.05, 0.1) is 0 Å². The Hall–Kier alpha value is -2.13. The van der Waals surface area contributed by atoms with Gasteiger partial charge < -0.3 is 9.90 Å². The summed E-state index contributed by atoms with van der Waals surface area (Å²) in [4.78, 5) is 9.92. The number of aliphatic carboxylic acids is 1. The highest BCUT2D eigenvalue weighted by Gasteiger charge is 1.96. The van der Waals surface area contributed by atoms with E-state index in [9.17, 15) is 9.90 Å². The first-order valence-corrected chi connectivity index (χ1v) is 8.37. The molecule has 2 aromatic carbocycles. The second-order valence-corrected chi connectivity index (χ2v) is 5.50. The molecule has 0 amide bonds. The van der Waals surface area contributed by atoms with E-state index in [2.05, 4.69) is 60.8 Å². The third-order valence-electron chi connectivity index (χ3n) is 3.42. The molecule has 0 aliphatic rings. The Kier molecular flexibility index (Phi) is 10.2. The first-order valence-electron chi connectivity index (χ1n) is 8.37. The summed E-state index contributed by atoms with van der Waals surface area (Å²) in [5, 5.41) is 12.1. The minimum atomic E-state index is -0.920. The Bertz CT molecular complexity index is 488. The zero-order valence-corrected chi connectivity index (χ0v) is 13.9. The van der Waals surface area contributed by atoms with Gasteiger partial charge in [0.2, 0.25) is 0 Å². The van der Waals surface area contributed by atoms with Crippen LogP contribution in [0.15, 0.2) is 60.7 Å². The molecule has 0 saturated carbocycles. The van der Waals surface area contributed by atoms with Crippen LogP contribution < -0.4 is 10.4 Å². The highest BCUT2D eigenvalue weighted by atomic mass is 16.4. The predicted octanol–water partition coefficient (Wildman–Crippen LogP) is 3.31. The molecule has 0 heterocycles. The molecule has 0 aromatic heterocycles. The largest absolute Gasteiger partial charge is 0.550 e. The third-order valence-corrected chi connectivity index (χ3v) is 3.42. The van der Waals surface area contributed by atoms with E-state index in [0.29, 0.717) is 0 Å². The Morgan fingerprint density at radius 3 is 1.74 bits per heavy atom. The summed E-state index contributed by atoms with van der Waals surface area (Å²) in [5.41, 5.74) is 2.49. The Morgan fingerprint density at radius 1 is 0.826 bits per heavy atom. The molecule has 0 aliphatic carbocycles. The maximum atomic E-state index is 9.92. The second kappa shape index (κ2) is 12.4. The van der Waals surface area contributed by atoms with Crippen molar-refractivity contribution in [3.8, 4) is 0 Å². The molecule has 0 bridgehead atoms. The molecule has 2 aromatic rings. The van der Waals surface area contributed by atoms with Crippen LogP contribution in [0.4, 0.5) is 11.4 Å². The fraction of sp³-hybridized carbons (Fsp3) is 0.350. The highest BCUT2D eigenvalue weighted by molar-refractivity contribution is 5.64. The van der Waals surface area contributed by atoms with Crippen molar-refractivity contribution in [1.82, 2.24) is 0 Å². The number of benzene rings is 2. The van der Waals surface area contributed by atoms with Gasteiger partial charge in [0.25, 0.3) is 0 Å². The van der Waals surface area contributed by atoms with E-state index in [-0.39, 0.29) is 6.42 Å². The van der Waals surface area contributed by atoms with E-state index in [1.807, 2.05) is 12.1 Å². The number of rotatable bonds is 8. The molecule has 0 fully saturated rings. The van der Waals surface area contributed by atoms with Crippen LogP contribution in [0.1, 0.15) is 45.4 Å². The SMILES string of the molecule is CCCCCCCC(=O)[O-].c1ccc([NH2+]c2ccccc2)cc1. The molecule has 0 radical (unpaired) electrons. The van der Waals surface area contributed by atoms with Gasteiger partial charge in [-0.3, -0.25) is 5.32 Å². The van der Waals surface area contributed by atoms with Gasteiger partial charge in [-0.15, -0.1) is 0 Å². The van der Waals surface area contributed by atoms with Crippen molar-refractivity contribution in [3.05, 3.63) is 60.7 Å². The highest BCUT2D eigenvalue weighted by Crippen LogP contribution is 2.04. The van der Waals surface area contributed by atoms with E-state index in [0.717, 1.165) is 19.3 Å². The molecule has 3 heteroatoms. The molecule has 0 spiro atoms. The molecule has 3 nitrogen and oxygen atoms in total. The zero-order valence-electron chi connectivity index (χ0n) is 13.9. The predicted molar refractivity (Wildman–Crippen MR) is 92.5 cm³/mol. The van der Waals surface area contributed by atoms with E-state index in [1.165, 1.54) is 24.2 Å². The number of unbranched alkanes of at least 4 members (excludes halogenated alkanes) is 4. The fourth-order valence-corrected chi connectivity index (χ4v) is 2.16. The Labute approximate surface area is 139 Å². The van der Waals surface area contributed by atoms with Gasteiger partial charge in [-0.05, 0) is 37.1 Å². The molecule has 0 unspecified atom stereocenters. The van der Waals surface area contributed by atoms with Gasteiger partial charge in [0.15, 0.2) is 0 Å². The lowest BCUT2D eigenvalue weighted by Gasteiger charge is -2.00. The smallest absolute Gasteiger partial charge is 0.134 e. The second-order valence-electron chi connectivity index (χ2n) is 5.50. The van der Waals surface area contributed by atoms with E-state index >= 15 is 0 Å². The van der Waals surface area contributed by atoms with E-state index in [4.69, 9.17) is 0 Å². The number of carbonyl (C=O) groups excluding carboxylic acids is 1. The van der Waals surface area contributed by atoms with Crippen LogP contribution in [-0.4, -0.2) is 5.97 Å². The van der Waals surface area contributed by atoms with Crippen molar-refractivity contribution in [2.24, 2.45) is 0 Å². The maximum absolute atomic E-state index is 9.92. The van der Waals surface area contributed by atoms with Crippen molar-refractivity contribution in [2.45, 2.75) is 45.4 Å². The number of carboxylic acid groups (broad SMARTS) is 1. The summed E-state index contributed by atoms with van der Waals surface area (Å²) in [6.07, 6.45) is 5.61. The summed E-state index contributed by atoms with van der Waals surface area (Å²) in [6.45, 7) is 2.14. The normalized spacial score (nSPS) is 9.78. The Morgan fingerprint density at radius 2 is 1.30 bits per heavy atom. The van der Waals surface area contributed by atoms with Gasteiger partial charge in [-0.25, -0.2) is 0 Å². The lowest BCUT2D eigenvalue weighted by molar-refractivity contribution is -0.478. The average Bonchev–Trinajstić information content (AvgIpc) is 2.57. The van der Waals surface area contributed by atoms with E-state index < -0.39 is 5.97 Å². The van der Waals surface area contributed by atoms with Crippen molar-refractivity contribution < 1.29 is 15.2 Å². The summed E-state index contributed by atoms with van der Waals surface area (Å²) >= 11 is 0. The van der Waals surface area contributed by atoms with Crippen LogP contribution in [0.5, 0.6) is 0 Å². The molecule has 0 atom stereocenters. The third kappa shape index (κ3) is 10.3. The monoisotopic (exact) mass is 313 g/mol. The fourth-order valence-electron chi connectivity index (χ4n) is 2.16. The van der Waals surface area contributed by atoms with Gasteiger partial charge in [-0.1, -0.05) is 69.0 Å². The Balaban J connectivity index is 0.000000241. The van der Waals surface area contributed by atoms with Crippen LogP contribution >= 0.6 is 0 Å². The number of quaternary nitrogens is 1. The number of hydrogen-bond donors (Lipinski definition) is 1. The number of carboxylic acids is 1. The molecular formula is C20H27NO2. The van der Waals surface area contributed by atoms with Crippen molar-refractivity contribution in [3.63, 3.8) is 0 Å². The molecule has 2 N–H and O–H groups in total. The topological polar surface area (TPSA) is 56.7 Å². The number of carbonyl (C=O) groups is 1.